The molecule has 2 aromatic rings. The van der Waals surface area contributed by atoms with E-state index in [1.807, 2.05) is 29.2 Å². The number of halogens is 3. The summed E-state index contributed by atoms with van der Waals surface area (Å²) in [6.07, 6.45) is -1.81. The molecule has 1 unspecified atom stereocenters. The minimum atomic E-state index is -4.39. The standard InChI is InChI=1S/C20H22F3N3O2/c1-28-17-6-2-14(3-7-17)4-9-19(27)25-16-10-11-26(13-16)18-8-5-15(12-24-18)20(21,22)23/h2-3,5-8,12,16H,4,9-11,13H2,1H3,(H,25,27). The first-order chi connectivity index (χ1) is 13.3. The molecular formula is C20H22F3N3O2. The maximum atomic E-state index is 12.6. The fourth-order valence-corrected chi connectivity index (χ4v) is 3.18. The summed E-state index contributed by atoms with van der Waals surface area (Å²) in [5, 5.41) is 2.99. The first-order valence-electron chi connectivity index (χ1n) is 9.05. The molecule has 5 nitrogen and oxygen atoms in total. The van der Waals surface area contributed by atoms with Crippen LogP contribution in [-0.2, 0) is 17.4 Å². The minimum absolute atomic E-state index is 0.0348. The summed E-state index contributed by atoms with van der Waals surface area (Å²) in [6, 6.07) is 9.95. The number of rotatable bonds is 6. The van der Waals surface area contributed by atoms with Crippen molar-refractivity contribution in [2.24, 2.45) is 0 Å². The highest BCUT2D eigenvalue weighted by Gasteiger charge is 2.31. The van der Waals surface area contributed by atoms with Crippen LogP contribution in [0.3, 0.4) is 0 Å². The predicted molar refractivity (Wildman–Crippen MR) is 99.3 cm³/mol. The number of methoxy groups -OCH3 is 1. The van der Waals surface area contributed by atoms with Crippen molar-refractivity contribution in [3.05, 3.63) is 53.7 Å². The van der Waals surface area contributed by atoms with E-state index in [4.69, 9.17) is 4.74 Å². The molecule has 0 radical (unpaired) electrons. The van der Waals surface area contributed by atoms with Gasteiger partial charge in [-0.3, -0.25) is 4.79 Å². The number of benzene rings is 1. The third-order valence-corrected chi connectivity index (χ3v) is 4.75. The Morgan fingerprint density at radius 1 is 1.25 bits per heavy atom. The molecule has 1 atom stereocenters. The number of carbonyl (C=O) groups excluding carboxylic acids is 1. The molecule has 1 N–H and O–H groups in total. The van der Waals surface area contributed by atoms with E-state index in [2.05, 4.69) is 10.3 Å². The van der Waals surface area contributed by atoms with Crippen LogP contribution in [0.15, 0.2) is 42.6 Å². The highest BCUT2D eigenvalue weighted by Crippen LogP contribution is 2.29. The Morgan fingerprint density at radius 2 is 2.00 bits per heavy atom. The summed E-state index contributed by atoms with van der Waals surface area (Å²) >= 11 is 0. The van der Waals surface area contributed by atoms with E-state index in [0.29, 0.717) is 31.7 Å². The van der Waals surface area contributed by atoms with Crippen molar-refractivity contribution in [1.82, 2.24) is 10.3 Å². The number of aryl methyl sites for hydroxylation is 1. The van der Waals surface area contributed by atoms with Crippen molar-refractivity contribution >= 4 is 11.7 Å². The van der Waals surface area contributed by atoms with Crippen molar-refractivity contribution in [3.63, 3.8) is 0 Å². The summed E-state index contributed by atoms with van der Waals surface area (Å²) in [7, 11) is 1.60. The van der Waals surface area contributed by atoms with Crippen molar-refractivity contribution in [2.45, 2.75) is 31.5 Å². The summed E-state index contributed by atoms with van der Waals surface area (Å²) in [5.41, 5.74) is 0.289. The quantitative estimate of drug-likeness (QED) is 0.817. The lowest BCUT2D eigenvalue weighted by molar-refractivity contribution is -0.137. The molecule has 1 saturated heterocycles. The third kappa shape index (κ3) is 5.15. The van der Waals surface area contributed by atoms with Gasteiger partial charge in [0.2, 0.25) is 5.91 Å². The van der Waals surface area contributed by atoms with Crippen LogP contribution in [0.4, 0.5) is 19.0 Å². The summed E-state index contributed by atoms with van der Waals surface area (Å²) < 4.78 is 43.0. The van der Waals surface area contributed by atoms with Crippen LogP contribution in [0.25, 0.3) is 0 Å². The summed E-state index contributed by atoms with van der Waals surface area (Å²) in [4.78, 5) is 18.0. The van der Waals surface area contributed by atoms with Gasteiger partial charge >= 0.3 is 6.18 Å². The molecule has 1 aromatic carbocycles. The number of nitrogens with one attached hydrogen (secondary N) is 1. The Hall–Kier alpha value is -2.77. The number of carbonyl (C=O) groups is 1. The number of hydrogen-bond donors (Lipinski definition) is 1. The van der Waals surface area contributed by atoms with E-state index in [1.165, 1.54) is 6.07 Å². The van der Waals surface area contributed by atoms with Crippen LogP contribution in [0, 0.1) is 0 Å². The smallest absolute Gasteiger partial charge is 0.417 e. The van der Waals surface area contributed by atoms with E-state index in [-0.39, 0.29) is 11.9 Å². The van der Waals surface area contributed by atoms with Gasteiger partial charge in [-0.25, -0.2) is 4.98 Å². The van der Waals surface area contributed by atoms with Crippen molar-refractivity contribution < 1.29 is 22.7 Å². The molecule has 0 spiro atoms. The van der Waals surface area contributed by atoms with E-state index in [9.17, 15) is 18.0 Å². The number of pyridine rings is 1. The molecule has 1 amide bonds. The van der Waals surface area contributed by atoms with Crippen LogP contribution >= 0.6 is 0 Å². The summed E-state index contributed by atoms with van der Waals surface area (Å²) in [6.45, 7) is 1.18. The number of amides is 1. The molecule has 0 bridgehead atoms. The van der Waals surface area contributed by atoms with E-state index in [1.54, 1.807) is 7.11 Å². The lowest BCUT2D eigenvalue weighted by Gasteiger charge is -2.18. The first-order valence-corrected chi connectivity index (χ1v) is 9.05. The Bertz CT molecular complexity index is 792. The van der Waals surface area contributed by atoms with Crippen molar-refractivity contribution in [2.75, 3.05) is 25.1 Å². The summed E-state index contributed by atoms with van der Waals surface area (Å²) in [5.74, 6) is 1.22. The SMILES string of the molecule is COc1ccc(CCC(=O)NC2CCN(c3ccc(C(F)(F)F)cn3)C2)cc1. The van der Waals surface area contributed by atoms with E-state index >= 15 is 0 Å². The first kappa shape index (κ1) is 20.0. The number of hydrogen-bond acceptors (Lipinski definition) is 4. The molecule has 0 aliphatic carbocycles. The Labute approximate surface area is 161 Å². The van der Waals surface area contributed by atoms with Gasteiger partial charge in [0.1, 0.15) is 11.6 Å². The number of nitrogens with zero attached hydrogens (tertiary/aromatic N) is 2. The normalized spacial score (nSPS) is 16.9. The molecule has 28 heavy (non-hydrogen) atoms. The number of alkyl halides is 3. The van der Waals surface area contributed by atoms with E-state index < -0.39 is 11.7 Å². The molecular weight excluding hydrogens is 371 g/mol. The lowest BCUT2D eigenvalue weighted by Crippen LogP contribution is -2.37. The van der Waals surface area contributed by atoms with Gasteiger partial charge in [0.05, 0.1) is 12.7 Å². The fourth-order valence-electron chi connectivity index (χ4n) is 3.18. The predicted octanol–water partition coefficient (Wildman–Crippen LogP) is 3.44. The minimum Gasteiger partial charge on any atom is -0.497 e. The third-order valence-electron chi connectivity index (χ3n) is 4.75. The van der Waals surface area contributed by atoms with Gasteiger partial charge in [0.25, 0.3) is 0 Å². The van der Waals surface area contributed by atoms with Crippen molar-refractivity contribution in [3.8, 4) is 5.75 Å². The second-order valence-corrected chi connectivity index (χ2v) is 6.75. The molecule has 1 aliphatic heterocycles. The van der Waals surface area contributed by atoms with Crippen molar-refractivity contribution in [1.29, 1.82) is 0 Å². The Morgan fingerprint density at radius 3 is 2.61 bits per heavy atom. The molecule has 1 aliphatic rings. The molecule has 0 saturated carbocycles. The van der Waals surface area contributed by atoms with E-state index in [0.717, 1.165) is 30.0 Å². The second-order valence-electron chi connectivity index (χ2n) is 6.75. The number of aromatic nitrogens is 1. The molecule has 2 heterocycles. The zero-order valence-corrected chi connectivity index (χ0v) is 15.5. The van der Waals surface area contributed by atoms with Crippen LogP contribution < -0.4 is 15.0 Å². The average molecular weight is 393 g/mol. The Kier molecular flexibility index (Phi) is 6.06. The topological polar surface area (TPSA) is 54.5 Å². The highest BCUT2D eigenvalue weighted by molar-refractivity contribution is 5.76. The molecule has 1 aromatic heterocycles. The van der Waals surface area contributed by atoms with Crippen LogP contribution in [0.5, 0.6) is 5.75 Å². The zero-order chi connectivity index (χ0) is 20.1. The van der Waals surface area contributed by atoms with Gasteiger partial charge in [-0.1, -0.05) is 12.1 Å². The fraction of sp³-hybridized carbons (Fsp3) is 0.400. The zero-order valence-electron chi connectivity index (χ0n) is 15.5. The molecule has 150 valence electrons. The Balaban J connectivity index is 1.46. The number of ether oxygens (including phenoxy) is 1. The molecule has 3 rings (SSSR count). The largest absolute Gasteiger partial charge is 0.497 e. The monoisotopic (exact) mass is 393 g/mol. The molecule has 8 heteroatoms. The van der Waals surface area contributed by atoms with Crippen LogP contribution in [0.1, 0.15) is 24.0 Å². The lowest BCUT2D eigenvalue weighted by atomic mass is 10.1. The van der Waals surface area contributed by atoms with Gasteiger partial charge in [-0.2, -0.15) is 13.2 Å². The van der Waals surface area contributed by atoms with Gasteiger partial charge in [0.15, 0.2) is 0 Å². The average Bonchev–Trinajstić information content (AvgIpc) is 3.14. The van der Waals surface area contributed by atoms with Crippen LogP contribution in [-0.4, -0.2) is 37.1 Å². The molecule has 1 fully saturated rings. The maximum absolute atomic E-state index is 12.6. The van der Waals surface area contributed by atoms with Gasteiger partial charge in [-0.15, -0.1) is 0 Å². The second kappa shape index (κ2) is 8.50. The van der Waals surface area contributed by atoms with Gasteiger partial charge in [-0.05, 0) is 42.7 Å². The van der Waals surface area contributed by atoms with Crippen LogP contribution in [0.2, 0.25) is 0 Å². The van der Waals surface area contributed by atoms with Gasteiger partial charge in [0, 0.05) is 31.7 Å². The number of anilines is 1. The highest BCUT2D eigenvalue weighted by atomic mass is 19.4. The van der Waals surface area contributed by atoms with Gasteiger partial charge < -0.3 is 15.0 Å². The maximum Gasteiger partial charge on any atom is 0.417 e.